The summed E-state index contributed by atoms with van der Waals surface area (Å²) in [5.74, 6) is -0.696. The fourth-order valence-corrected chi connectivity index (χ4v) is 2.62. The smallest absolute Gasteiger partial charge is 0.280 e. The monoisotopic (exact) mass is 350 g/mol. The lowest BCUT2D eigenvalue weighted by Gasteiger charge is -2.07. The van der Waals surface area contributed by atoms with Crippen LogP contribution in [0.2, 0.25) is 0 Å². The molecule has 0 atom stereocenters. The van der Waals surface area contributed by atoms with E-state index in [1.807, 2.05) is 30.3 Å². The number of phenols is 1. The summed E-state index contributed by atoms with van der Waals surface area (Å²) in [5.41, 5.74) is 4.01. The average molecular weight is 350 g/mol. The number of carbonyl (C=O) groups excluding carboxylic acids is 1. The number of aromatic hydroxyl groups is 1. The Kier molecular flexibility index (Phi) is 4.70. The van der Waals surface area contributed by atoms with Crippen LogP contribution in [0.25, 0.3) is 5.69 Å². The average Bonchev–Trinajstić information content (AvgIpc) is 2.86. The molecule has 3 rings (SSSR count). The summed E-state index contributed by atoms with van der Waals surface area (Å²) in [6, 6.07) is 15.4. The Bertz CT molecular complexity index is 1030. The van der Waals surface area contributed by atoms with Crippen molar-refractivity contribution in [2.75, 3.05) is 0 Å². The van der Waals surface area contributed by atoms with Crippen LogP contribution < -0.4 is 11.0 Å². The number of hydrazone groups is 1. The molecule has 2 aromatic carbocycles. The molecule has 1 aromatic heterocycles. The zero-order valence-corrected chi connectivity index (χ0v) is 14.4. The second-order valence-corrected chi connectivity index (χ2v) is 5.69. The van der Waals surface area contributed by atoms with Gasteiger partial charge in [-0.1, -0.05) is 30.3 Å². The number of hydrogen-bond acceptors (Lipinski definition) is 4. The van der Waals surface area contributed by atoms with Gasteiger partial charge >= 0.3 is 0 Å². The molecule has 0 fully saturated rings. The van der Waals surface area contributed by atoms with Gasteiger partial charge < -0.3 is 5.11 Å². The Morgan fingerprint density at radius 3 is 2.46 bits per heavy atom. The number of rotatable bonds is 4. The van der Waals surface area contributed by atoms with E-state index in [0.29, 0.717) is 11.3 Å². The molecule has 0 aliphatic carbocycles. The lowest BCUT2D eigenvalue weighted by Crippen LogP contribution is -2.21. The minimum absolute atomic E-state index is 0.108. The first-order valence-corrected chi connectivity index (χ1v) is 7.96. The van der Waals surface area contributed by atoms with Crippen LogP contribution in [-0.4, -0.2) is 26.6 Å². The van der Waals surface area contributed by atoms with Crippen molar-refractivity contribution in [3.63, 3.8) is 0 Å². The summed E-state index contributed by atoms with van der Waals surface area (Å²) in [7, 11) is 1.78. The highest BCUT2D eigenvalue weighted by atomic mass is 16.3. The number of phenolic OH excluding ortho intramolecular Hbond substituents is 1. The summed E-state index contributed by atoms with van der Waals surface area (Å²) in [5, 5.41) is 13.5. The normalized spacial score (nSPS) is 11.0. The summed E-state index contributed by atoms with van der Waals surface area (Å²) in [6.45, 7) is 1.80. The van der Waals surface area contributed by atoms with Crippen molar-refractivity contribution < 1.29 is 9.90 Å². The Hall–Kier alpha value is -3.61. The quantitative estimate of drug-likeness (QED) is 0.557. The van der Waals surface area contributed by atoms with Crippen molar-refractivity contribution in [1.29, 1.82) is 0 Å². The van der Waals surface area contributed by atoms with Crippen LogP contribution in [0.1, 0.15) is 21.6 Å². The highest BCUT2D eigenvalue weighted by Crippen LogP contribution is 2.15. The maximum atomic E-state index is 12.7. The standard InChI is InChI=1S/C19H18N4O3/c1-13-16(12-20-21-18(25)15-10-6-7-11-17(15)24)19(26)23(22(13)2)14-8-4-3-5-9-14/h3-12,24H,1-2H3,(H,21,25)/b20-12-. The molecule has 0 radical (unpaired) electrons. The van der Waals surface area contributed by atoms with Crippen LogP contribution in [0.15, 0.2) is 64.5 Å². The number of hydrogen-bond donors (Lipinski definition) is 2. The molecule has 0 bridgehead atoms. The Morgan fingerprint density at radius 1 is 1.12 bits per heavy atom. The van der Waals surface area contributed by atoms with E-state index in [-0.39, 0.29) is 16.9 Å². The maximum Gasteiger partial charge on any atom is 0.280 e. The van der Waals surface area contributed by atoms with Crippen LogP contribution in [0.4, 0.5) is 0 Å². The van der Waals surface area contributed by atoms with Crippen LogP contribution in [0.3, 0.4) is 0 Å². The first-order chi connectivity index (χ1) is 12.5. The van der Waals surface area contributed by atoms with Gasteiger partial charge in [-0.2, -0.15) is 5.10 Å². The van der Waals surface area contributed by atoms with Crippen molar-refractivity contribution in [3.8, 4) is 11.4 Å². The summed E-state index contributed by atoms with van der Waals surface area (Å²) in [6.07, 6.45) is 1.31. The molecule has 0 aliphatic heterocycles. The molecule has 0 aliphatic rings. The summed E-state index contributed by atoms with van der Waals surface area (Å²) < 4.78 is 3.26. The molecular formula is C19H18N4O3. The lowest BCUT2D eigenvalue weighted by molar-refractivity contribution is 0.0952. The molecule has 0 saturated heterocycles. The fourth-order valence-electron chi connectivity index (χ4n) is 2.62. The molecule has 7 nitrogen and oxygen atoms in total. The van der Waals surface area contributed by atoms with Crippen molar-refractivity contribution in [3.05, 3.63) is 81.8 Å². The molecule has 132 valence electrons. The lowest BCUT2D eigenvalue weighted by atomic mass is 10.2. The number of carbonyl (C=O) groups is 1. The second kappa shape index (κ2) is 7.10. The van der Waals surface area contributed by atoms with Gasteiger partial charge in [0.2, 0.25) is 0 Å². The third kappa shape index (κ3) is 3.14. The molecule has 0 unspecified atom stereocenters. The van der Waals surface area contributed by atoms with Gasteiger partial charge in [0.05, 0.1) is 23.0 Å². The molecule has 2 N–H and O–H groups in total. The highest BCUT2D eigenvalue weighted by molar-refractivity contribution is 5.97. The van der Waals surface area contributed by atoms with E-state index in [1.54, 1.807) is 30.8 Å². The van der Waals surface area contributed by atoms with E-state index in [0.717, 1.165) is 5.69 Å². The van der Waals surface area contributed by atoms with Gasteiger partial charge in [0.1, 0.15) is 5.75 Å². The fraction of sp³-hybridized carbons (Fsp3) is 0.105. The predicted octanol–water partition coefficient (Wildman–Crippen LogP) is 1.95. The zero-order valence-electron chi connectivity index (χ0n) is 14.4. The van der Waals surface area contributed by atoms with Gasteiger partial charge in [-0.3, -0.25) is 14.3 Å². The molecule has 3 aromatic rings. The molecule has 0 spiro atoms. The minimum atomic E-state index is -0.559. The second-order valence-electron chi connectivity index (χ2n) is 5.69. The van der Waals surface area contributed by atoms with E-state index in [4.69, 9.17) is 0 Å². The zero-order chi connectivity index (χ0) is 18.7. The number of nitrogens with one attached hydrogen (secondary N) is 1. The number of nitrogens with zero attached hydrogens (tertiary/aromatic N) is 3. The Balaban J connectivity index is 1.87. The largest absolute Gasteiger partial charge is 0.507 e. The molecule has 1 amide bonds. The molecule has 1 heterocycles. The Morgan fingerprint density at radius 2 is 1.77 bits per heavy atom. The first-order valence-electron chi connectivity index (χ1n) is 7.96. The molecule has 7 heteroatoms. The van der Waals surface area contributed by atoms with Crippen LogP contribution >= 0.6 is 0 Å². The van der Waals surface area contributed by atoms with Gasteiger partial charge in [-0.25, -0.2) is 10.1 Å². The van der Waals surface area contributed by atoms with Gasteiger partial charge in [0.15, 0.2) is 0 Å². The number of benzene rings is 2. The third-order valence-corrected chi connectivity index (χ3v) is 4.11. The van der Waals surface area contributed by atoms with Gasteiger partial charge in [-0.15, -0.1) is 0 Å². The summed E-state index contributed by atoms with van der Waals surface area (Å²) >= 11 is 0. The van der Waals surface area contributed by atoms with Crippen LogP contribution in [-0.2, 0) is 7.05 Å². The number of aromatic nitrogens is 2. The van der Waals surface area contributed by atoms with Crippen LogP contribution in [0.5, 0.6) is 5.75 Å². The van der Waals surface area contributed by atoms with Gasteiger partial charge in [-0.05, 0) is 31.2 Å². The maximum absolute atomic E-state index is 12.7. The van der Waals surface area contributed by atoms with E-state index >= 15 is 0 Å². The highest BCUT2D eigenvalue weighted by Gasteiger charge is 2.15. The molecular weight excluding hydrogens is 332 g/mol. The molecule has 0 saturated carbocycles. The molecule has 26 heavy (non-hydrogen) atoms. The Labute approximate surface area is 149 Å². The van der Waals surface area contributed by atoms with Crippen molar-refractivity contribution in [2.45, 2.75) is 6.92 Å². The number of para-hydroxylation sites is 2. The van der Waals surface area contributed by atoms with Crippen molar-refractivity contribution in [2.24, 2.45) is 12.1 Å². The van der Waals surface area contributed by atoms with E-state index < -0.39 is 5.91 Å². The minimum Gasteiger partial charge on any atom is -0.507 e. The van der Waals surface area contributed by atoms with Crippen molar-refractivity contribution >= 4 is 12.1 Å². The summed E-state index contributed by atoms with van der Waals surface area (Å²) in [4.78, 5) is 24.8. The van der Waals surface area contributed by atoms with E-state index in [2.05, 4.69) is 10.5 Å². The van der Waals surface area contributed by atoms with Gasteiger partial charge in [0.25, 0.3) is 11.5 Å². The van der Waals surface area contributed by atoms with E-state index in [9.17, 15) is 14.7 Å². The topological polar surface area (TPSA) is 88.6 Å². The van der Waals surface area contributed by atoms with Crippen LogP contribution in [0, 0.1) is 6.92 Å². The van der Waals surface area contributed by atoms with Gasteiger partial charge in [0, 0.05) is 12.7 Å². The number of amides is 1. The van der Waals surface area contributed by atoms with Crippen molar-refractivity contribution in [1.82, 2.24) is 14.8 Å². The first kappa shape index (κ1) is 17.2. The predicted molar refractivity (Wildman–Crippen MR) is 98.9 cm³/mol. The SMILES string of the molecule is Cc1c(/C=N\NC(=O)c2ccccc2O)c(=O)n(-c2ccccc2)n1C. The third-order valence-electron chi connectivity index (χ3n) is 4.11. The van der Waals surface area contributed by atoms with E-state index in [1.165, 1.54) is 23.0 Å².